The van der Waals surface area contributed by atoms with Crippen LogP contribution >= 0.6 is 0 Å². The third-order valence-corrected chi connectivity index (χ3v) is 1.90. The molecule has 80 valence electrons. The first kappa shape index (κ1) is 10.0. The molecule has 0 aliphatic carbocycles. The molecule has 0 saturated carbocycles. The molecule has 0 bridgehead atoms. The summed E-state index contributed by atoms with van der Waals surface area (Å²) in [5.41, 5.74) is 12.8. The highest BCUT2D eigenvalue weighted by Crippen LogP contribution is 2.28. The molecule has 2 rings (SSSR count). The van der Waals surface area contributed by atoms with Crippen LogP contribution in [0.15, 0.2) is 47.0 Å². The quantitative estimate of drug-likeness (QED) is 0.746. The molecule has 16 heavy (non-hydrogen) atoms. The molecule has 2 heterocycles. The van der Waals surface area contributed by atoms with E-state index < -0.39 is 0 Å². The number of hydrogen-bond acceptors (Lipinski definition) is 6. The van der Waals surface area contributed by atoms with Crippen LogP contribution in [0, 0.1) is 0 Å². The lowest BCUT2D eigenvalue weighted by atomic mass is 10.3. The highest BCUT2D eigenvalue weighted by atomic mass is 15.1. The predicted molar refractivity (Wildman–Crippen MR) is 61.5 cm³/mol. The van der Waals surface area contributed by atoms with Gasteiger partial charge in [-0.15, -0.1) is 10.2 Å². The fourth-order valence-electron chi connectivity index (χ4n) is 1.12. The summed E-state index contributed by atoms with van der Waals surface area (Å²) in [6, 6.07) is 5.16. The fourth-order valence-corrected chi connectivity index (χ4v) is 1.12. The van der Waals surface area contributed by atoms with Crippen molar-refractivity contribution in [1.29, 1.82) is 0 Å². The van der Waals surface area contributed by atoms with E-state index in [-0.39, 0.29) is 5.82 Å². The third kappa shape index (κ3) is 2.11. The van der Waals surface area contributed by atoms with Gasteiger partial charge in [0, 0.05) is 12.4 Å². The van der Waals surface area contributed by atoms with Gasteiger partial charge in [0.2, 0.25) is 0 Å². The molecule has 0 amide bonds. The van der Waals surface area contributed by atoms with Crippen molar-refractivity contribution in [3.63, 3.8) is 0 Å². The predicted octanol–water partition coefficient (Wildman–Crippen LogP) is 2.06. The van der Waals surface area contributed by atoms with Crippen molar-refractivity contribution in [2.24, 2.45) is 10.2 Å². The second-order valence-corrected chi connectivity index (χ2v) is 3.05. The standard InChI is InChI=1S/C10H10N6/c11-8-3-5-14-10(12)9(8)16-15-7-2-1-4-13-6-7/h1-6H,(H4,11,12,14). The number of nitrogens with zero attached hydrogens (tertiary/aromatic N) is 4. The summed E-state index contributed by atoms with van der Waals surface area (Å²) in [4.78, 5) is 7.79. The van der Waals surface area contributed by atoms with Gasteiger partial charge in [-0.1, -0.05) is 0 Å². The first-order chi connectivity index (χ1) is 7.77. The van der Waals surface area contributed by atoms with Crippen molar-refractivity contribution in [3.8, 4) is 0 Å². The van der Waals surface area contributed by atoms with Crippen LogP contribution in [0.4, 0.5) is 22.9 Å². The van der Waals surface area contributed by atoms with E-state index in [9.17, 15) is 0 Å². The summed E-state index contributed by atoms with van der Waals surface area (Å²) in [5, 5.41) is 7.91. The van der Waals surface area contributed by atoms with Crippen molar-refractivity contribution >= 4 is 22.9 Å². The van der Waals surface area contributed by atoms with Crippen LogP contribution in [0.5, 0.6) is 0 Å². The number of aromatic nitrogens is 2. The zero-order valence-electron chi connectivity index (χ0n) is 8.41. The van der Waals surface area contributed by atoms with Gasteiger partial charge in [0.05, 0.1) is 11.9 Å². The van der Waals surface area contributed by atoms with Crippen molar-refractivity contribution in [1.82, 2.24) is 9.97 Å². The van der Waals surface area contributed by atoms with Crippen LogP contribution in [0.1, 0.15) is 0 Å². The van der Waals surface area contributed by atoms with Gasteiger partial charge < -0.3 is 11.5 Å². The normalized spacial score (nSPS) is 10.8. The Balaban J connectivity index is 2.31. The van der Waals surface area contributed by atoms with E-state index >= 15 is 0 Å². The van der Waals surface area contributed by atoms with Crippen molar-refractivity contribution < 1.29 is 0 Å². The molecule has 0 aliphatic heterocycles. The maximum absolute atomic E-state index is 5.70. The zero-order valence-corrected chi connectivity index (χ0v) is 8.41. The van der Waals surface area contributed by atoms with E-state index in [1.54, 1.807) is 30.6 Å². The third-order valence-electron chi connectivity index (χ3n) is 1.90. The number of pyridine rings is 2. The van der Waals surface area contributed by atoms with Crippen LogP contribution < -0.4 is 11.5 Å². The van der Waals surface area contributed by atoms with Crippen LogP contribution in [-0.2, 0) is 0 Å². The molecule has 0 fully saturated rings. The Morgan fingerprint density at radius 1 is 1.06 bits per heavy atom. The van der Waals surface area contributed by atoms with Gasteiger partial charge in [-0.3, -0.25) is 4.98 Å². The lowest BCUT2D eigenvalue weighted by Crippen LogP contribution is -1.93. The molecule has 0 aliphatic rings. The van der Waals surface area contributed by atoms with E-state index in [0.717, 1.165) is 0 Å². The second kappa shape index (κ2) is 4.35. The maximum atomic E-state index is 5.70. The Kier molecular flexibility index (Phi) is 2.73. The van der Waals surface area contributed by atoms with E-state index in [2.05, 4.69) is 20.2 Å². The van der Waals surface area contributed by atoms with E-state index in [1.165, 1.54) is 6.20 Å². The van der Waals surface area contributed by atoms with Gasteiger partial charge in [0.1, 0.15) is 5.69 Å². The smallest absolute Gasteiger partial charge is 0.153 e. The second-order valence-electron chi connectivity index (χ2n) is 3.05. The SMILES string of the molecule is Nc1ccnc(N)c1N=Nc1cccnc1. The molecule has 6 nitrogen and oxygen atoms in total. The van der Waals surface area contributed by atoms with Crippen LogP contribution in [0.2, 0.25) is 0 Å². The average Bonchev–Trinajstić information content (AvgIpc) is 2.30. The number of azo groups is 1. The van der Waals surface area contributed by atoms with E-state index in [4.69, 9.17) is 11.5 Å². The molecule has 0 spiro atoms. The topological polar surface area (TPSA) is 103 Å². The maximum Gasteiger partial charge on any atom is 0.153 e. The fraction of sp³-hybridized carbons (Fsp3) is 0. The van der Waals surface area contributed by atoms with Gasteiger partial charge >= 0.3 is 0 Å². The minimum atomic E-state index is 0.257. The first-order valence-electron chi connectivity index (χ1n) is 4.59. The first-order valence-corrected chi connectivity index (χ1v) is 4.59. The summed E-state index contributed by atoms with van der Waals surface area (Å²) >= 11 is 0. The molecule has 4 N–H and O–H groups in total. The Labute approximate surface area is 92.1 Å². The van der Waals surface area contributed by atoms with Gasteiger partial charge in [-0.05, 0) is 18.2 Å². The summed E-state index contributed by atoms with van der Waals surface area (Å²) in [5.74, 6) is 0.257. The van der Waals surface area contributed by atoms with Crippen LogP contribution in [0.3, 0.4) is 0 Å². The molecular formula is C10H10N6. The van der Waals surface area contributed by atoms with E-state index in [1.807, 2.05) is 0 Å². The summed E-state index contributed by atoms with van der Waals surface area (Å²) in [6.45, 7) is 0. The van der Waals surface area contributed by atoms with Gasteiger partial charge in [-0.2, -0.15) is 0 Å². The molecule has 0 unspecified atom stereocenters. The lowest BCUT2D eigenvalue weighted by Gasteiger charge is -2.00. The monoisotopic (exact) mass is 214 g/mol. The number of hydrogen-bond donors (Lipinski definition) is 2. The minimum Gasteiger partial charge on any atom is -0.397 e. The Hall–Kier alpha value is -2.50. The van der Waals surface area contributed by atoms with Crippen molar-refractivity contribution in [3.05, 3.63) is 36.8 Å². The van der Waals surface area contributed by atoms with E-state index in [0.29, 0.717) is 17.1 Å². The Morgan fingerprint density at radius 3 is 2.62 bits per heavy atom. The summed E-state index contributed by atoms with van der Waals surface area (Å²) in [7, 11) is 0. The largest absolute Gasteiger partial charge is 0.397 e. The van der Waals surface area contributed by atoms with Crippen LogP contribution in [-0.4, -0.2) is 9.97 Å². The van der Waals surface area contributed by atoms with Gasteiger partial charge in [0.15, 0.2) is 11.5 Å². The zero-order chi connectivity index (χ0) is 11.4. The molecule has 0 atom stereocenters. The molecule has 0 radical (unpaired) electrons. The highest BCUT2D eigenvalue weighted by molar-refractivity contribution is 5.72. The van der Waals surface area contributed by atoms with Crippen molar-refractivity contribution in [2.45, 2.75) is 0 Å². The average molecular weight is 214 g/mol. The lowest BCUT2D eigenvalue weighted by molar-refractivity contribution is 1.18. The molecule has 0 saturated heterocycles. The minimum absolute atomic E-state index is 0.257. The van der Waals surface area contributed by atoms with Gasteiger partial charge in [0.25, 0.3) is 0 Å². The number of anilines is 2. The molecule has 0 aromatic carbocycles. The summed E-state index contributed by atoms with van der Waals surface area (Å²) in [6.07, 6.45) is 4.77. The Morgan fingerprint density at radius 2 is 1.94 bits per heavy atom. The number of nitrogens with two attached hydrogens (primary N) is 2. The molecule has 2 aromatic heterocycles. The summed E-state index contributed by atoms with van der Waals surface area (Å²) < 4.78 is 0. The number of nitrogen functional groups attached to an aromatic ring is 2. The highest BCUT2D eigenvalue weighted by Gasteiger charge is 2.02. The molecule has 2 aromatic rings. The molecule has 6 heteroatoms. The van der Waals surface area contributed by atoms with Crippen LogP contribution in [0.25, 0.3) is 0 Å². The number of rotatable bonds is 2. The van der Waals surface area contributed by atoms with Crippen molar-refractivity contribution in [2.75, 3.05) is 11.5 Å². The molecular weight excluding hydrogens is 204 g/mol. The Bertz CT molecular complexity index is 488. The van der Waals surface area contributed by atoms with Gasteiger partial charge in [-0.25, -0.2) is 4.98 Å².